The highest BCUT2D eigenvalue weighted by Gasteiger charge is 2.22. The Labute approximate surface area is 129 Å². The number of hydrogen-bond donors (Lipinski definition) is 1. The molecule has 1 heterocycles. The SMILES string of the molecule is COC(=O)c1c(O)cncc1-c1c(Cl)ccc(Cl)c1Cl. The Morgan fingerprint density at radius 2 is 1.85 bits per heavy atom. The number of rotatable bonds is 2. The monoisotopic (exact) mass is 331 g/mol. The summed E-state index contributed by atoms with van der Waals surface area (Å²) in [4.78, 5) is 15.6. The summed E-state index contributed by atoms with van der Waals surface area (Å²) in [5.41, 5.74) is 0.479. The summed E-state index contributed by atoms with van der Waals surface area (Å²) in [6, 6.07) is 3.07. The number of benzene rings is 1. The number of methoxy groups -OCH3 is 1. The van der Waals surface area contributed by atoms with Gasteiger partial charge in [0.05, 0.1) is 28.4 Å². The highest BCUT2D eigenvalue weighted by Crippen LogP contribution is 2.41. The lowest BCUT2D eigenvalue weighted by Gasteiger charge is -2.12. The standard InChI is InChI=1S/C13H8Cl3NO3/c1-20-13(19)11-6(4-17-5-9(11)18)10-7(14)2-3-8(15)12(10)16/h2-5,18H,1H3. The zero-order valence-corrected chi connectivity index (χ0v) is 12.4. The number of ether oxygens (including phenoxy) is 1. The molecule has 0 saturated heterocycles. The van der Waals surface area contributed by atoms with Crippen molar-refractivity contribution in [3.8, 4) is 16.9 Å². The zero-order valence-electron chi connectivity index (χ0n) is 10.2. The Bertz CT molecular complexity index is 689. The minimum Gasteiger partial charge on any atom is -0.505 e. The van der Waals surface area contributed by atoms with Gasteiger partial charge < -0.3 is 9.84 Å². The number of aromatic hydroxyl groups is 1. The molecule has 104 valence electrons. The molecule has 0 saturated carbocycles. The molecule has 0 aliphatic heterocycles. The molecule has 0 aliphatic carbocycles. The van der Waals surface area contributed by atoms with E-state index in [-0.39, 0.29) is 31.9 Å². The molecular formula is C13H8Cl3NO3. The van der Waals surface area contributed by atoms with Crippen LogP contribution in [-0.4, -0.2) is 23.2 Å². The largest absolute Gasteiger partial charge is 0.505 e. The summed E-state index contributed by atoms with van der Waals surface area (Å²) < 4.78 is 4.64. The van der Waals surface area contributed by atoms with E-state index < -0.39 is 5.97 Å². The molecule has 0 atom stereocenters. The summed E-state index contributed by atoms with van der Waals surface area (Å²) in [5.74, 6) is -1.06. The van der Waals surface area contributed by atoms with Crippen LogP contribution in [-0.2, 0) is 4.74 Å². The predicted molar refractivity (Wildman–Crippen MR) is 77.7 cm³/mol. The lowest BCUT2D eigenvalue weighted by Crippen LogP contribution is -2.05. The number of carbonyl (C=O) groups excluding carboxylic acids is 1. The third kappa shape index (κ3) is 2.54. The second-order valence-corrected chi connectivity index (χ2v) is 4.98. The van der Waals surface area contributed by atoms with Gasteiger partial charge in [-0.1, -0.05) is 34.8 Å². The number of esters is 1. The quantitative estimate of drug-likeness (QED) is 0.661. The molecule has 4 nitrogen and oxygen atoms in total. The van der Waals surface area contributed by atoms with E-state index in [1.165, 1.54) is 25.4 Å². The molecule has 1 aromatic heterocycles. The van der Waals surface area contributed by atoms with Crippen LogP contribution in [0.4, 0.5) is 0 Å². The Kier molecular flexibility index (Phi) is 4.38. The van der Waals surface area contributed by atoms with Gasteiger partial charge in [-0.05, 0) is 12.1 Å². The molecule has 2 rings (SSSR count). The first-order valence-corrected chi connectivity index (χ1v) is 6.50. The average molecular weight is 333 g/mol. The van der Waals surface area contributed by atoms with Crippen molar-refractivity contribution in [1.82, 2.24) is 4.98 Å². The molecule has 7 heteroatoms. The lowest BCUT2D eigenvalue weighted by molar-refractivity contribution is 0.0598. The number of halogens is 3. The van der Waals surface area contributed by atoms with Crippen molar-refractivity contribution < 1.29 is 14.6 Å². The maximum atomic E-state index is 11.8. The molecule has 2 aromatic rings. The summed E-state index contributed by atoms with van der Waals surface area (Å²) in [6.45, 7) is 0. The van der Waals surface area contributed by atoms with Crippen LogP contribution in [0.5, 0.6) is 5.75 Å². The number of aromatic nitrogens is 1. The van der Waals surface area contributed by atoms with E-state index in [0.717, 1.165) is 6.20 Å². The molecule has 20 heavy (non-hydrogen) atoms. The second kappa shape index (κ2) is 5.87. The van der Waals surface area contributed by atoms with E-state index in [4.69, 9.17) is 34.8 Å². The van der Waals surface area contributed by atoms with E-state index in [9.17, 15) is 9.90 Å². The van der Waals surface area contributed by atoms with E-state index >= 15 is 0 Å². The van der Waals surface area contributed by atoms with E-state index in [1.807, 2.05) is 0 Å². The van der Waals surface area contributed by atoms with Crippen LogP contribution in [0.15, 0.2) is 24.5 Å². The highest BCUT2D eigenvalue weighted by molar-refractivity contribution is 6.46. The first kappa shape index (κ1) is 14.9. The van der Waals surface area contributed by atoms with Gasteiger partial charge in [-0.25, -0.2) is 4.79 Å². The van der Waals surface area contributed by atoms with Gasteiger partial charge in [0.15, 0.2) is 0 Å². The van der Waals surface area contributed by atoms with Gasteiger partial charge >= 0.3 is 5.97 Å². The van der Waals surface area contributed by atoms with Crippen LogP contribution in [0.25, 0.3) is 11.1 Å². The lowest BCUT2D eigenvalue weighted by atomic mass is 10.0. The van der Waals surface area contributed by atoms with E-state index in [2.05, 4.69) is 9.72 Å². The van der Waals surface area contributed by atoms with Crippen LogP contribution >= 0.6 is 34.8 Å². The van der Waals surface area contributed by atoms with E-state index in [1.54, 1.807) is 0 Å². The van der Waals surface area contributed by atoms with Crippen LogP contribution in [0, 0.1) is 0 Å². The normalized spacial score (nSPS) is 10.4. The number of pyridine rings is 1. The smallest absolute Gasteiger partial charge is 0.342 e. The maximum Gasteiger partial charge on any atom is 0.342 e. The molecule has 0 unspecified atom stereocenters. The summed E-state index contributed by atoms with van der Waals surface area (Å²) in [5, 5.41) is 10.5. The third-order valence-electron chi connectivity index (χ3n) is 2.63. The Balaban J connectivity index is 2.81. The van der Waals surface area contributed by atoms with Gasteiger partial charge in [0, 0.05) is 17.3 Å². The minimum absolute atomic E-state index is 0.0754. The van der Waals surface area contributed by atoms with Crippen molar-refractivity contribution in [2.45, 2.75) is 0 Å². The van der Waals surface area contributed by atoms with Gasteiger partial charge in [0.25, 0.3) is 0 Å². The van der Waals surface area contributed by atoms with E-state index in [0.29, 0.717) is 5.56 Å². The molecule has 1 N–H and O–H groups in total. The number of hydrogen-bond acceptors (Lipinski definition) is 4. The third-order valence-corrected chi connectivity index (χ3v) is 3.75. The first-order chi connectivity index (χ1) is 9.47. The fourth-order valence-corrected chi connectivity index (χ4v) is 2.46. The van der Waals surface area contributed by atoms with Gasteiger partial charge in [0.2, 0.25) is 0 Å². The second-order valence-electron chi connectivity index (χ2n) is 3.79. The highest BCUT2D eigenvalue weighted by atomic mass is 35.5. The van der Waals surface area contributed by atoms with Crippen molar-refractivity contribution >= 4 is 40.8 Å². The van der Waals surface area contributed by atoms with Crippen LogP contribution in [0.3, 0.4) is 0 Å². The molecule has 0 spiro atoms. The summed E-state index contributed by atoms with van der Waals surface area (Å²) in [6.07, 6.45) is 2.48. The topological polar surface area (TPSA) is 59.4 Å². The molecular weight excluding hydrogens is 325 g/mol. The van der Waals surface area contributed by atoms with Gasteiger partial charge in [-0.15, -0.1) is 0 Å². The fraction of sp³-hybridized carbons (Fsp3) is 0.0769. The number of nitrogens with zero attached hydrogens (tertiary/aromatic N) is 1. The molecule has 1 aromatic carbocycles. The van der Waals surface area contributed by atoms with Crippen molar-refractivity contribution in [3.05, 3.63) is 45.2 Å². The Morgan fingerprint density at radius 1 is 1.20 bits per heavy atom. The minimum atomic E-state index is -0.730. The first-order valence-electron chi connectivity index (χ1n) is 5.36. The molecule has 0 fully saturated rings. The van der Waals surface area contributed by atoms with Crippen molar-refractivity contribution in [1.29, 1.82) is 0 Å². The Hall–Kier alpha value is -1.49. The molecule has 0 amide bonds. The van der Waals surface area contributed by atoms with Gasteiger partial charge in [0.1, 0.15) is 11.3 Å². The van der Waals surface area contributed by atoms with Crippen LogP contribution in [0.1, 0.15) is 10.4 Å². The van der Waals surface area contributed by atoms with Gasteiger partial charge in [-0.3, -0.25) is 4.98 Å². The average Bonchev–Trinajstić information content (AvgIpc) is 2.43. The van der Waals surface area contributed by atoms with Gasteiger partial charge in [-0.2, -0.15) is 0 Å². The predicted octanol–water partition coefficient (Wildman–Crippen LogP) is 4.20. The molecule has 0 radical (unpaired) electrons. The summed E-state index contributed by atoms with van der Waals surface area (Å²) >= 11 is 18.2. The number of carbonyl (C=O) groups is 1. The summed E-state index contributed by atoms with van der Waals surface area (Å²) in [7, 11) is 1.20. The molecule has 0 bridgehead atoms. The van der Waals surface area contributed by atoms with Crippen LogP contribution < -0.4 is 0 Å². The van der Waals surface area contributed by atoms with Crippen molar-refractivity contribution in [2.75, 3.05) is 7.11 Å². The molecule has 0 aliphatic rings. The fourth-order valence-electron chi connectivity index (χ4n) is 1.73. The zero-order chi connectivity index (χ0) is 14.9. The Morgan fingerprint density at radius 3 is 2.50 bits per heavy atom. The van der Waals surface area contributed by atoms with Crippen LogP contribution in [0.2, 0.25) is 15.1 Å². The maximum absolute atomic E-state index is 11.8. The van der Waals surface area contributed by atoms with Crippen molar-refractivity contribution in [2.24, 2.45) is 0 Å². The van der Waals surface area contributed by atoms with Crippen molar-refractivity contribution in [3.63, 3.8) is 0 Å².